The number of hydrogen-bond acceptors (Lipinski definition) is 5. The quantitative estimate of drug-likeness (QED) is 0.339. The fourth-order valence-corrected chi connectivity index (χ4v) is 3.81. The molecule has 0 N–H and O–H groups in total. The van der Waals surface area contributed by atoms with Gasteiger partial charge >= 0.3 is 5.97 Å². The van der Waals surface area contributed by atoms with Crippen molar-refractivity contribution in [2.75, 3.05) is 18.1 Å². The Labute approximate surface area is 100 Å². The molecular formula is C8H12BrNO4S. The summed E-state index contributed by atoms with van der Waals surface area (Å²) in [6, 6.07) is -0.649. The lowest BCUT2D eigenvalue weighted by Gasteiger charge is -2.16. The van der Waals surface area contributed by atoms with Gasteiger partial charge in [0.15, 0.2) is 0 Å². The van der Waals surface area contributed by atoms with Gasteiger partial charge in [0.1, 0.15) is 4.83 Å². The fourth-order valence-electron chi connectivity index (χ4n) is 1.45. The minimum atomic E-state index is -0.649. The minimum absolute atomic E-state index is 0.274. The van der Waals surface area contributed by atoms with Crippen molar-refractivity contribution >= 4 is 33.7 Å². The summed E-state index contributed by atoms with van der Waals surface area (Å²) in [5.74, 6) is 0.417. The van der Waals surface area contributed by atoms with E-state index in [4.69, 9.17) is 4.74 Å². The van der Waals surface area contributed by atoms with Crippen LogP contribution in [0.1, 0.15) is 6.92 Å². The first-order valence-corrected chi connectivity index (χ1v) is 6.67. The van der Waals surface area contributed by atoms with E-state index in [1.54, 1.807) is 6.92 Å². The summed E-state index contributed by atoms with van der Waals surface area (Å²) >= 11 is 4.69. The molecule has 1 rings (SSSR count). The van der Waals surface area contributed by atoms with Crippen LogP contribution in [0.2, 0.25) is 0 Å². The van der Waals surface area contributed by atoms with E-state index in [-0.39, 0.29) is 10.8 Å². The van der Waals surface area contributed by atoms with Gasteiger partial charge < -0.3 is 4.74 Å². The molecule has 86 valence electrons. The lowest BCUT2D eigenvalue weighted by atomic mass is 10.0. The molecule has 7 heteroatoms. The molecule has 0 aromatic rings. The summed E-state index contributed by atoms with van der Waals surface area (Å²) in [6.45, 7) is 2.01. The van der Waals surface area contributed by atoms with Crippen LogP contribution >= 0.6 is 27.7 Å². The van der Waals surface area contributed by atoms with E-state index >= 15 is 0 Å². The van der Waals surface area contributed by atoms with Gasteiger partial charge in [0, 0.05) is 10.7 Å². The summed E-state index contributed by atoms with van der Waals surface area (Å²) in [5.41, 5.74) is 0. The number of ether oxygens (including phenoxy) is 1. The number of esters is 1. The summed E-state index contributed by atoms with van der Waals surface area (Å²) in [4.78, 5) is 21.2. The van der Waals surface area contributed by atoms with Crippen molar-refractivity contribution in [3.63, 3.8) is 0 Å². The second-order valence-corrected chi connectivity index (χ2v) is 5.27. The molecule has 5 nitrogen and oxygen atoms in total. The standard InChI is InChI=1S/C8H12BrNO4S/c1-2-14-8(11)7(9)5-3-15-4-6(5)10(12)13/h5-7H,2-4H2,1H3. The van der Waals surface area contributed by atoms with Crippen LogP contribution in [0.5, 0.6) is 0 Å². The molecule has 0 spiro atoms. The lowest BCUT2D eigenvalue weighted by Crippen LogP contribution is -2.37. The van der Waals surface area contributed by atoms with Gasteiger partial charge in [-0.1, -0.05) is 15.9 Å². The van der Waals surface area contributed by atoms with Crippen molar-refractivity contribution in [3.05, 3.63) is 10.1 Å². The van der Waals surface area contributed by atoms with Crippen molar-refractivity contribution < 1.29 is 14.5 Å². The van der Waals surface area contributed by atoms with Gasteiger partial charge in [0.2, 0.25) is 6.04 Å². The van der Waals surface area contributed by atoms with Crippen molar-refractivity contribution in [2.45, 2.75) is 17.8 Å². The molecule has 0 aliphatic carbocycles. The number of nitrogens with zero attached hydrogens (tertiary/aromatic N) is 1. The predicted octanol–water partition coefficient (Wildman–Crippen LogP) is 1.32. The van der Waals surface area contributed by atoms with Crippen LogP contribution in [0.25, 0.3) is 0 Å². The summed E-state index contributed by atoms with van der Waals surface area (Å²) in [5, 5.41) is 10.7. The number of carbonyl (C=O) groups excluding carboxylic acids is 1. The highest BCUT2D eigenvalue weighted by Gasteiger charge is 2.44. The molecule has 1 fully saturated rings. The van der Waals surface area contributed by atoms with E-state index in [1.807, 2.05) is 0 Å². The Kier molecular flexibility index (Phi) is 4.85. The average Bonchev–Trinajstić information content (AvgIpc) is 2.65. The van der Waals surface area contributed by atoms with Gasteiger partial charge in [-0.15, -0.1) is 0 Å². The molecule has 15 heavy (non-hydrogen) atoms. The van der Waals surface area contributed by atoms with Crippen LogP contribution < -0.4 is 0 Å². The van der Waals surface area contributed by atoms with Gasteiger partial charge in [-0.2, -0.15) is 11.8 Å². The first-order chi connectivity index (χ1) is 7.07. The zero-order valence-corrected chi connectivity index (χ0v) is 10.6. The number of rotatable bonds is 4. The second kappa shape index (κ2) is 5.69. The first-order valence-electron chi connectivity index (χ1n) is 4.59. The topological polar surface area (TPSA) is 69.4 Å². The van der Waals surface area contributed by atoms with Gasteiger partial charge in [-0.25, -0.2) is 0 Å². The molecule has 0 radical (unpaired) electrons. The highest BCUT2D eigenvalue weighted by molar-refractivity contribution is 9.10. The summed E-state index contributed by atoms with van der Waals surface area (Å²) in [6.07, 6.45) is 0. The fraction of sp³-hybridized carbons (Fsp3) is 0.875. The monoisotopic (exact) mass is 297 g/mol. The Morgan fingerprint density at radius 1 is 1.73 bits per heavy atom. The predicted molar refractivity (Wildman–Crippen MR) is 60.9 cm³/mol. The highest BCUT2D eigenvalue weighted by Crippen LogP contribution is 2.32. The number of hydrogen-bond donors (Lipinski definition) is 0. The molecule has 1 aliphatic rings. The molecule has 3 atom stereocenters. The van der Waals surface area contributed by atoms with E-state index in [0.29, 0.717) is 18.1 Å². The number of alkyl halides is 1. The third kappa shape index (κ3) is 3.07. The molecule has 1 aliphatic heterocycles. The van der Waals surface area contributed by atoms with E-state index in [1.165, 1.54) is 11.8 Å². The third-order valence-electron chi connectivity index (χ3n) is 2.25. The van der Waals surface area contributed by atoms with Crippen molar-refractivity contribution in [2.24, 2.45) is 5.92 Å². The maximum Gasteiger partial charge on any atom is 0.320 e. The van der Waals surface area contributed by atoms with Gasteiger partial charge in [-0.3, -0.25) is 14.9 Å². The molecule has 0 saturated carbocycles. The maximum absolute atomic E-state index is 11.4. The third-order valence-corrected chi connectivity index (χ3v) is 4.50. The number of thioether (sulfide) groups is 1. The van der Waals surface area contributed by atoms with Gasteiger partial charge in [0.25, 0.3) is 0 Å². The largest absolute Gasteiger partial charge is 0.465 e. The molecular weight excluding hydrogens is 286 g/mol. The van der Waals surface area contributed by atoms with Gasteiger partial charge in [0.05, 0.1) is 18.3 Å². The molecule has 0 bridgehead atoms. The molecule has 0 aromatic heterocycles. The zero-order valence-electron chi connectivity index (χ0n) is 8.22. The van der Waals surface area contributed by atoms with Crippen LogP contribution in [-0.4, -0.2) is 39.9 Å². The summed E-state index contributed by atoms with van der Waals surface area (Å²) < 4.78 is 4.83. The Balaban J connectivity index is 2.61. The van der Waals surface area contributed by atoms with Crippen molar-refractivity contribution in [3.8, 4) is 0 Å². The van der Waals surface area contributed by atoms with Crippen LogP contribution in [0.4, 0.5) is 0 Å². The van der Waals surface area contributed by atoms with Crippen molar-refractivity contribution in [1.82, 2.24) is 0 Å². The Bertz CT molecular complexity index is 263. The Morgan fingerprint density at radius 2 is 2.40 bits per heavy atom. The minimum Gasteiger partial charge on any atom is -0.465 e. The lowest BCUT2D eigenvalue weighted by molar-refractivity contribution is -0.523. The highest BCUT2D eigenvalue weighted by atomic mass is 79.9. The van der Waals surface area contributed by atoms with E-state index in [9.17, 15) is 14.9 Å². The maximum atomic E-state index is 11.4. The van der Waals surface area contributed by atoms with E-state index < -0.39 is 16.8 Å². The molecule has 0 amide bonds. The average molecular weight is 298 g/mol. The van der Waals surface area contributed by atoms with Crippen LogP contribution in [0, 0.1) is 16.0 Å². The van der Waals surface area contributed by atoms with Crippen LogP contribution in [0.15, 0.2) is 0 Å². The van der Waals surface area contributed by atoms with Crippen molar-refractivity contribution in [1.29, 1.82) is 0 Å². The van der Waals surface area contributed by atoms with E-state index in [0.717, 1.165) is 0 Å². The molecule has 1 heterocycles. The molecule has 1 saturated heterocycles. The van der Waals surface area contributed by atoms with E-state index in [2.05, 4.69) is 15.9 Å². The Hall–Kier alpha value is -0.300. The normalized spacial score (nSPS) is 27.3. The molecule has 3 unspecified atom stereocenters. The zero-order chi connectivity index (χ0) is 11.4. The number of halogens is 1. The van der Waals surface area contributed by atoms with Gasteiger partial charge in [-0.05, 0) is 6.92 Å². The molecule has 0 aromatic carbocycles. The smallest absolute Gasteiger partial charge is 0.320 e. The number of carbonyl (C=O) groups is 1. The Morgan fingerprint density at radius 3 is 2.93 bits per heavy atom. The first kappa shape index (κ1) is 12.8. The summed E-state index contributed by atoms with van der Waals surface area (Å²) in [7, 11) is 0. The SMILES string of the molecule is CCOC(=O)C(Br)C1CSCC1[N+](=O)[O-]. The van der Waals surface area contributed by atoms with Crippen LogP contribution in [0.3, 0.4) is 0 Å². The second-order valence-electron chi connectivity index (χ2n) is 3.21. The number of nitro groups is 1. The van der Waals surface area contributed by atoms with Crippen LogP contribution in [-0.2, 0) is 9.53 Å².